The molecule has 0 unspecified atom stereocenters. The van der Waals surface area contributed by atoms with E-state index in [9.17, 15) is 0 Å². The van der Waals surface area contributed by atoms with Gasteiger partial charge in [-0.15, -0.1) is 12.4 Å². The second-order valence-corrected chi connectivity index (χ2v) is 1.87. The number of phenolic OH excluding ortho intramolecular Hbond substituents is 3. The van der Waals surface area contributed by atoms with Gasteiger partial charge in [0, 0.05) is 0 Å². The van der Waals surface area contributed by atoms with Gasteiger partial charge in [0.15, 0.2) is 11.5 Å². The van der Waals surface area contributed by atoms with E-state index in [1.165, 1.54) is 12.1 Å². The minimum absolute atomic E-state index is 0. The second kappa shape index (κ2) is 3.21. The Labute approximate surface area is 69.3 Å². The predicted octanol–water partition coefficient (Wildman–Crippen LogP) is 0.807. The summed E-state index contributed by atoms with van der Waals surface area (Å²) < 4.78 is 0. The Bertz CT molecular complexity index is 237. The van der Waals surface area contributed by atoms with Crippen molar-refractivity contribution < 1.29 is 15.3 Å². The van der Waals surface area contributed by atoms with Gasteiger partial charge in [0.25, 0.3) is 0 Å². The van der Waals surface area contributed by atoms with Gasteiger partial charge in [-0.2, -0.15) is 0 Å². The molecule has 0 spiro atoms. The van der Waals surface area contributed by atoms with Crippen molar-refractivity contribution >= 4 is 18.1 Å². The third-order valence-electron chi connectivity index (χ3n) is 1.16. The van der Waals surface area contributed by atoms with E-state index >= 15 is 0 Å². The van der Waals surface area contributed by atoms with Crippen LogP contribution < -0.4 is 5.73 Å². The summed E-state index contributed by atoms with van der Waals surface area (Å²) in [6.07, 6.45) is 0. The van der Waals surface area contributed by atoms with E-state index in [0.717, 1.165) is 0 Å². The molecule has 0 aliphatic rings. The molecular formula is C6H8ClNO3. The molecule has 1 aromatic carbocycles. The van der Waals surface area contributed by atoms with Gasteiger partial charge < -0.3 is 21.1 Å². The number of nitrogens with two attached hydrogens (primary N) is 1. The van der Waals surface area contributed by atoms with Crippen LogP contribution in [-0.2, 0) is 0 Å². The molecule has 5 N–H and O–H groups in total. The number of nitrogen functional groups attached to an aromatic ring is 1. The Morgan fingerprint density at radius 1 is 1.00 bits per heavy atom. The van der Waals surface area contributed by atoms with Crippen LogP contribution in [0.5, 0.6) is 17.2 Å². The van der Waals surface area contributed by atoms with Crippen LogP contribution in [0.4, 0.5) is 5.69 Å². The number of benzene rings is 1. The fourth-order valence-electron chi connectivity index (χ4n) is 0.585. The van der Waals surface area contributed by atoms with Crippen LogP contribution in [0.3, 0.4) is 0 Å². The summed E-state index contributed by atoms with van der Waals surface area (Å²) in [5.41, 5.74) is 5.21. The van der Waals surface area contributed by atoms with Crippen molar-refractivity contribution in [1.82, 2.24) is 0 Å². The van der Waals surface area contributed by atoms with Gasteiger partial charge in [-0.25, -0.2) is 0 Å². The fourth-order valence-corrected chi connectivity index (χ4v) is 0.585. The van der Waals surface area contributed by atoms with Crippen molar-refractivity contribution in [3.8, 4) is 17.2 Å². The summed E-state index contributed by atoms with van der Waals surface area (Å²) >= 11 is 0. The zero-order chi connectivity index (χ0) is 7.72. The molecule has 62 valence electrons. The van der Waals surface area contributed by atoms with Crippen molar-refractivity contribution in [2.75, 3.05) is 5.73 Å². The lowest BCUT2D eigenvalue weighted by Crippen LogP contribution is -1.84. The van der Waals surface area contributed by atoms with Gasteiger partial charge in [0.2, 0.25) is 5.75 Å². The molecule has 0 aliphatic carbocycles. The molecule has 4 nitrogen and oxygen atoms in total. The van der Waals surface area contributed by atoms with E-state index in [2.05, 4.69) is 0 Å². The highest BCUT2D eigenvalue weighted by Gasteiger charge is 2.06. The number of rotatable bonds is 0. The van der Waals surface area contributed by atoms with E-state index in [-0.39, 0.29) is 23.8 Å². The maximum atomic E-state index is 8.85. The van der Waals surface area contributed by atoms with E-state index in [4.69, 9.17) is 21.1 Å². The third-order valence-corrected chi connectivity index (χ3v) is 1.16. The van der Waals surface area contributed by atoms with Crippen LogP contribution in [-0.4, -0.2) is 15.3 Å². The third kappa shape index (κ3) is 1.59. The van der Waals surface area contributed by atoms with Crippen LogP contribution in [0, 0.1) is 0 Å². The maximum Gasteiger partial charge on any atom is 0.202 e. The molecule has 5 heteroatoms. The predicted molar refractivity (Wildman–Crippen MR) is 43.1 cm³/mol. The molecule has 0 fully saturated rings. The Morgan fingerprint density at radius 3 is 2.00 bits per heavy atom. The van der Waals surface area contributed by atoms with Gasteiger partial charge in [-0.05, 0) is 12.1 Å². The van der Waals surface area contributed by atoms with Gasteiger partial charge >= 0.3 is 0 Å². The van der Waals surface area contributed by atoms with Gasteiger partial charge in [0.05, 0.1) is 5.69 Å². The smallest absolute Gasteiger partial charge is 0.202 e. The molecular weight excluding hydrogens is 170 g/mol. The molecule has 0 aromatic heterocycles. The lowest BCUT2D eigenvalue weighted by molar-refractivity contribution is 0.369. The Morgan fingerprint density at radius 2 is 1.55 bits per heavy atom. The molecule has 0 saturated carbocycles. The second-order valence-electron chi connectivity index (χ2n) is 1.87. The summed E-state index contributed by atoms with van der Waals surface area (Å²) in [5.74, 6) is -1.45. The van der Waals surface area contributed by atoms with Crippen LogP contribution >= 0.6 is 12.4 Å². The fraction of sp³-hybridized carbons (Fsp3) is 0. The summed E-state index contributed by atoms with van der Waals surface area (Å²) in [4.78, 5) is 0. The largest absolute Gasteiger partial charge is 0.504 e. The van der Waals surface area contributed by atoms with E-state index < -0.39 is 11.5 Å². The number of halogens is 1. The Kier molecular flexibility index (Phi) is 2.83. The van der Waals surface area contributed by atoms with Crippen molar-refractivity contribution in [3.63, 3.8) is 0 Å². The van der Waals surface area contributed by atoms with Gasteiger partial charge in [-0.1, -0.05) is 0 Å². The van der Waals surface area contributed by atoms with E-state index in [1.807, 2.05) is 0 Å². The van der Waals surface area contributed by atoms with Crippen LogP contribution in [0.25, 0.3) is 0 Å². The number of hydrogen-bond donors (Lipinski definition) is 4. The zero-order valence-electron chi connectivity index (χ0n) is 5.48. The van der Waals surface area contributed by atoms with Crippen molar-refractivity contribution in [2.45, 2.75) is 0 Å². The molecule has 0 aliphatic heterocycles. The molecule has 0 saturated heterocycles. The number of phenols is 3. The lowest BCUT2D eigenvalue weighted by Gasteiger charge is -2.01. The Hall–Kier alpha value is -1.29. The summed E-state index contributed by atoms with van der Waals surface area (Å²) in [5, 5.41) is 26.4. The molecule has 0 bridgehead atoms. The highest BCUT2D eigenvalue weighted by Crippen LogP contribution is 2.38. The molecule has 0 atom stereocenters. The number of anilines is 1. The average Bonchev–Trinajstić information content (AvgIpc) is 1.93. The first kappa shape index (κ1) is 9.71. The summed E-state index contributed by atoms with van der Waals surface area (Å²) in [6.45, 7) is 0. The minimum atomic E-state index is -0.583. The monoisotopic (exact) mass is 177 g/mol. The molecule has 1 aromatic rings. The highest BCUT2D eigenvalue weighted by atomic mass is 35.5. The molecule has 11 heavy (non-hydrogen) atoms. The lowest BCUT2D eigenvalue weighted by atomic mass is 10.2. The van der Waals surface area contributed by atoms with Gasteiger partial charge in [-0.3, -0.25) is 0 Å². The van der Waals surface area contributed by atoms with Crippen molar-refractivity contribution in [2.24, 2.45) is 0 Å². The average molecular weight is 178 g/mol. The minimum Gasteiger partial charge on any atom is -0.504 e. The summed E-state index contributed by atoms with van der Waals surface area (Å²) in [6, 6.07) is 2.49. The summed E-state index contributed by atoms with van der Waals surface area (Å²) in [7, 11) is 0. The molecule has 1 rings (SSSR count). The standard InChI is InChI=1S/C6H7NO3.ClH/c7-3-1-2-4(8)6(10)5(3)9;/h1-2,8-10H,7H2;1H. The maximum absolute atomic E-state index is 8.85. The Balaban J connectivity index is 0.000001000. The van der Waals surface area contributed by atoms with E-state index in [1.54, 1.807) is 0 Å². The zero-order valence-corrected chi connectivity index (χ0v) is 6.30. The van der Waals surface area contributed by atoms with Gasteiger partial charge in [0.1, 0.15) is 0 Å². The van der Waals surface area contributed by atoms with Crippen LogP contribution in [0.2, 0.25) is 0 Å². The number of hydrogen-bond acceptors (Lipinski definition) is 4. The molecule has 0 amide bonds. The van der Waals surface area contributed by atoms with Crippen LogP contribution in [0.15, 0.2) is 12.1 Å². The van der Waals surface area contributed by atoms with E-state index in [0.29, 0.717) is 0 Å². The normalized spacial score (nSPS) is 8.73. The molecule has 0 heterocycles. The van der Waals surface area contributed by atoms with Crippen molar-refractivity contribution in [1.29, 1.82) is 0 Å². The quantitative estimate of drug-likeness (QED) is 0.268. The number of aromatic hydroxyl groups is 3. The topological polar surface area (TPSA) is 86.7 Å². The first-order valence-electron chi connectivity index (χ1n) is 2.62. The van der Waals surface area contributed by atoms with Crippen molar-refractivity contribution in [3.05, 3.63) is 12.1 Å². The van der Waals surface area contributed by atoms with Crippen LogP contribution in [0.1, 0.15) is 0 Å². The molecule has 0 radical (unpaired) electrons. The highest BCUT2D eigenvalue weighted by molar-refractivity contribution is 5.85. The first-order chi connectivity index (χ1) is 4.63. The SMILES string of the molecule is Cl.Nc1ccc(O)c(O)c1O. The first-order valence-corrected chi connectivity index (χ1v) is 2.62.